The summed E-state index contributed by atoms with van der Waals surface area (Å²) in [7, 11) is 0. The molecule has 0 saturated carbocycles. The fourth-order valence-electron chi connectivity index (χ4n) is 1.29. The van der Waals surface area contributed by atoms with Crippen molar-refractivity contribution in [3.63, 3.8) is 0 Å². The number of nitro groups is 1. The van der Waals surface area contributed by atoms with Crippen LogP contribution in [0, 0.1) is 10.1 Å². The van der Waals surface area contributed by atoms with Gasteiger partial charge in [0.05, 0.1) is 11.3 Å². The number of nitrogens with zero attached hydrogens (tertiary/aromatic N) is 1. The molecule has 0 unspecified atom stereocenters. The third kappa shape index (κ3) is 4.96. The molecule has 0 fully saturated rings. The average Bonchev–Trinajstić information content (AvgIpc) is 2.34. The third-order valence-electron chi connectivity index (χ3n) is 2.23. The van der Waals surface area contributed by atoms with Gasteiger partial charge in [-0.25, -0.2) is 0 Å². The number of non-ortho nitro benzene ring substituents is 1. The average molecular weight is 285 g/mol. The van der Waals surface area contributed by atoms with Crippen molar-refractivity contribution in [2.45, 2.75) is 17.4 Å². The van der Waals surface area contributed by atoms with E-state index < -0.39 is 28.5 Å². The molecule has 0 bridgehead atoms. The molecule has 0 radical (unpaired) electrons. The van der Waals surface area contributed by atoms with Crippen LogP contribution in [0.2, 0.25) is 0 Å². The number of carbonyl (C=O) groups is 2. The molecule has 102 valence electrons. The molecule has 0 spiro atoms. The minimum absolute atomic E-state index is 0.0472. The lowest BCUT2D eigenvalue weighted by molar-refractivity contribution is -0.384. The second-order valence-electron chi connectivity index (χ2n) is 3.66. The molecule has 0 aliphatic rings. The van der Waals surface area contributed by atoms with Crippen molar-refractivity contribution in [2.75, 3.05) is 0 Å². The van der Waals surface area contributed by atoms with Crippen molar-refractivity contribution in [1.29, 1.82) is 0 Å². The Morgan fingerprint density at radius 1 is 1.26 bits per heavy atom. The van der Waals surface area contributed by atoms with Gasteiger partial charge in [-0.15, -0.1) is 11.8 Å². The predicted molar refractivity (Wildman–Crippen MR) is 68.1 cm³/mol. The largest absolute Gasteiger partial charge is 0.481 e. The number of carboxylic acids is 2. The number of benzene rings is 1. The molecule has 7 nitrogen and oxygen atoms in total. The van der Waals surface area contributed by atoms with Gasteiger partial charge in [-0.1, -0.05) is 12.1 Å². The fraction of sp³-hybridized carbons (Fsp3) is 0.273. The Morgan fingerprint density at radius 3 is 2.26 bits per heavy atom. The molecular weight excluding hydrogens is 274 g/mol. The number of carboxylic acid groups (broad SMARTS) is 2. The molecule has 1 aromatic carbocycles. The number of aliphatic carboxylic acids is 2. The summed E-state index contributed by atoms with van der Waals surface area (Å²) in [6.07, 6.45) is -0.465. The molecular formula is C11H11NO6S. The Kier molecular flexibility index (Phi) is 5.31. The monoisotopic (exact) mass is 285 g/mol. The molecule has 0 amide bonds. The lowest BCUT2D eigenvalue weighted by Crippen LogP contribution is -2.20. The first-order valence-corrected chi connectivity index (χ1v) is 6.24. The van der Waals surface area contributed by atoms with Gasteiger partial charge in [0.1, 0.15) is 5.25 Å². The Labute approximate surface area is 112 Å². The molecule has 0 aliphatic heterocycles. The second kappa shape index (κ2) is 6.74. The van der Waals surface area contributed by atoms with Gasteiger partial charge in [-0.2, -0.15) is 0 Å². The van der Waals surface area contributed by atoms with Crippen LogP contribution in [0.1, 0.15) is 12.0 Å². The van der Waals surface area contributed by atoms with Crippen molar-refractivity contribution in [3.8, 4) is 0 Å². The van der Waals surface area contributed by atoms with Crippen LogP contribution in [0.5, 0.6) is 0 Å². The lowest BCUT2D eigenvalue weighted by Gasteiger charge is -2.09. The predicted octanol–water partition coefficient (Wildman–Crippen LogP) is 1.76. The maximum atomic E-state index is 10.8. The Hall–Kier alpha value is -2.09. The van der Waals surface area contributed by atoms with Gasteiger partial charge < -0.3 is 10.2 Å². The smallest absolute Gasteiger partial charge is 0.317 e. The third-order valence-corrected chi connectivity index (χ3v) is 3.50. The van der Waals surface area contributed by atoms with Crippen LogP contribution in [0.15, 0.2) is 24.3 Å². The zero-order chi connectivity index (χ0) is 14.4. The van der Waals surface area contributed by atoms with E-state index in [4.69, 9.17) is 10.2 Å². The van der Waals surface area contributed by atoms with Gasteiger partial charge >= 0.3 is 11.9 Å². The van der Waals surface area contributed by atoms with Gasteiger partial charge in [0.15, 0.2) is 0 Å². The molecule has 8 heteroatoms. The normalized spacial score (nSPS) is 11.8. The zero-order valence-electron chi connectivity index (χ0n) is 9.68. The van der Waals surface area contributed by atoms with Crippen LogP contribution in [-0.2, 0) is 15.3 Å². The van der Waals surface area contributed by atoms with E-state index in [0.717, 1.165) is 11.8 Å². The SMILES string of the molecule is O=C(O)C[C@H](SCc1ccc([N+](=O)[O-])cc1)C(=O)O. The van der Waals surface area contributed by atoms with Crippen molar-refractivity contribution in [3.05, 3.63) is 39.9 Å². The highest BCUT2D eigenvalue weighted by molar-refractivity contribution is 7.99. The van der Waals surface area contributed by atoms with Crippen LogP contribution in [0.4, 0.5) is 5.69 Å². The molecule has 0 aromatic heterocycles. The van der Waals surface area contributed by atoms with Crippen LogP contribution < -0.4 is 0 Å². The number of rotatable bonds is 7. The van der Waals surface area contributed by atoms with Crippen LogP contribution in [0.3, 0.4) is 0 Å². The molecule has 0 saturated heterocycles. The van der Waals surface area contributed by atoms with Crippen molar-refractivity contribution < 1.29 is 24.7 Å². The fourth-order valence-corrected chi connectivity index (χ4v) is 2.28. The first-order chi connectivity index (χ1) is 8.90. The van der Waals surface area contributed by atoms with Gasteiger partial charge in [-0.3, -0.25) is 19.7 Å². The zero-order valence-corrected chi connectivity index (χ0v) is 10.5. The maximum Gasteiger partial charge on any atom is 0.317 e. The summed E-state index contributed by atoms with van der Waals surface area (Å²) < 4.78 is 0. The molecule has 0 aliphatic carbocycles. The lowest BCUT2D eigenvalue weighted by atomic mass is 10.2. The van der Waals surface area contributed by atoms with Crippen molar-refractivity contribution in [2.24, 2.45) is 0 Å². The summed E-state index contributed by atoms with van der Waals surface area (Å²) >= 11 is 0.975. The molecule has 1 rings (SSSR count). The summed E-state index contributed by atoms with van der Waals surface area (Å²) in [6, 6.07) is 5.68. The number of hydrogen-bond acceptors (Lipinski definition) is 5. The van der Waals surface area contributed by atoms with Gasteiger partial charge in [0.2, 0.25) is 0 Å². The maximum absolute atomic E-state index is 10.8. The van der Waals surface area contributed by atoms with E-state index in [-0.39, 0.29) is 11.4 Å². The summed E-state index contributed by atoms with van der Waals surface area (Å²) in [4.78, 5) is 31.2. The van der Waals surface area contributed by atoms with Gasteiger partial charge in [-0.05, 0) is 5.56 Å². The van der Waals surface area contributed by atoms with Crippen LogP contribution in [0.25, 0.3) is 0 Å². The molecule has 2 N–H and O–H groups in total. The standard InChI is InChI=1S/C11H11NO6S/c13-10(14)5-9(11(15)16)19-6-7-1-3-8(4-2-7)12(17)18/h1-4,9H,5-6H2,(H,13,14)(H,15,16)/t9-/m0/s1. The quantitative estimate of drug-likeness (QED) is 0.578. The highest BCUT2D eigenvalue weighted by Gasteiger charge is 2.21. The molecule has 19 heavy (non-hydrogen) atoms. The summed E-state index contributed by atoms with van der Waals surface area (Å²) in [6.45, 7) is 0. The molecule has 0 heterocycles. The Bertz CT molecular complexity index is 486. The molecule has 1 atom stereocenters. The first-order valence-electron chi connectivity index (χ1n) is 5.19. The summed E-state index contributed by atoms with van der Waals surface area (Å²) in [5.41, 5.74) is 0.654. The minimum Gasteiger partial charge on any atom is -0.481 e. The van der Waals surface area contributed by atoms with E-state index in [1.807, 2.05) is 0 Å². The summed E-state index contributed by atoms with van der Waals surface area (Å²) in [5, 5.41) is 26.8. The van der Waals surface area contributed by atoms with Crippen molar-refractivity contribution >= 4 is 29.4 Å². The van der Waals surface area contributed by atoms with E-state index in [0.29, 0.717) is 5.56 Å². The van der Waals surface area contributed by atoms with Crippen LogP contribution >= 0.6 is 11.8 Å². The highest BCUT2D eigenvalue weighted by Crippen LogP contribution is 2.22. The van der Waals surface area contributed by atoms with E-state index in [9.17, 15) is 19.7 Å². The number of thioether (sulfide) groups is 1. The highest BCUT2D eigenvalue weighted by atomic mass is 32.2. The second-order valence-corrected chi connectivity index (χ2v) is 4.85. The van der Waals surface area contributed by atoms with Crippen molar-refractivity contribution in [1.82, 2.24) is 0 Å². The Morgan fingerprint density at radius 2 is 1.84 bits per heavy atom. The topological polar surface area (TPSA) is 118 Å². The molecule has 1 aromatic rings. The van der Waals surface area contributed by atoms with E-state index in [2.05, 4.69) is 0 Å². The van der Waals surface area contributed by atoms with Crippen LogP contribution in [-0.4, -0.2) is 32.3 Å². The number of hydrogen-bond donors (Lipinski definition) is 2. The number of nitro benzene ring substituents is 1. The van der Waals surface area contributed by atoms with E-state index >= 15 is 0 Å². The van der Waals surface area contributed by atoms with E-state index in [1.54, 1.807) is 0 Å². The van der Waals surface area contributed by atoms with Gasteiger partial charge in [0.25, 0.3) is 5.69 Å². The Balaban J connectivity index is 2.61. The summed E-state index contributed by atoms with van der Waals surface area (Å²) in [5.74, 6) is -2.08. The van der Waals surface area contributed by atoms with Gasteiger partial charge in [0, 0.05) is 17.9 Å². The first kappa shape index (κ1) is 15.0. The minimum atomic E-state index is -1.19. The van der Waals surface area contributed by atoms with E-state index in [1.165, 1.54) is 24.3 Å².